The van der Waals surface area contributed by atoms with E-state index in [1.54, 1.807) is 12.4 Å². The third-order valence-corrected chi connectivity index (χ3v) is 8.07. The quantitative estimate of drug-likeness (QED) is 0.153. The first-order valence-corrected chi connectivity index (χ1v) is 14.4. The molecule has 13 heteroatoms. The van der Waals surface area contributed by atoms with Crippen LogP contribution in [0.5, 0.6) is 11.6 Å². The monoisotopic (exact) mass is 587 g/mol. The second kappa shape index (κ2) is 14.5. The molecule has 222 valence electrons. The number of benzene rings is 1. The average molecular weight is 588 g/mol. The van der Waals surface area contributed by atoms with Gasteiger partial charge in [-0.25, -0.2) is 4.79 Å². The van der Waals surface area contributed by atoms with Crippen LogP contribution in [0.25, 0.3) is 0 Å². The minimum absolute atomic E-state index is 0.119. The van der Waals surface area contributed by atoms with Gasteiger partial charge in [-0.2, -0.15) is 0 Å². The molecule has 0 saturated carbocycles. The Hall–Kier alpha value is -3.36. The van der Waals surface area contributed by atoms with Crippen LogP contribution in [0.15, 0.2) is 48.8 Å². The molecule has 12 nitrogen and oxygen atoms in total. The predicted molar refractivity (Wildman–Crippen MR) is 153 cm³/mol. The van der Waals surface area contributed by atoms with Crippen molar-refractivity contribution in [2.75, 3.05) is 19.8 Å². The molecule has 1 unspecified atom stereocenters. The van der Waals surface area contributed by atoms with Crippen LogP contribution in [0, 0.1) is 0 Å². The summed E-state index contributed by atoms with van der Waals surface area (Å²) < 4.78 is 11.8. The molecule has 0 bridgehead atoms. The van der Waals surface area contributed by atoms with Crippen molar-refractivity contribution in [3.05, 3.63) is 71.2 Å². The van der Waals surface area contributed by atoms with Gasteiger partial charge in [0.15, 0.2) is 5.44 Å². The Labute approximate surface area is 242 Å². The zero-order valence-corrected chi connectivity index (χ0v) is 23.8. The summed E-state index contributed by atoms with van der Waals surface area (Å²) in [4.78, 5) is 16.0. The molecular weight excluding hydrogens is 550 g/mol. The number of urea groups is 1. The van der Waals surface area contributed by atoms with Crippen LogP contribution in [-0.4, -0.2) is 90.4 Å². The Morgan fingerprint density at radius 3 is 2.54 bits per heavy atom. The number of hydrogen-bond acceptors (Lipinski definition) is 10. The molecular formula is C28H37N5O7S. The van der Waals surface area contributed by atoms with Gasteiger partial charge in [-0.05, 0) is 35.2 Å². The van der Waals surface area contributed by atoms with Gasteiger partial charge in [0, 0.05) is 36.6 Å². The van der Waals surface area contributed by atoms with Crippen LogP contribution < -0.4 is 20.1 Å². The highest BCUT2D eigenvalue weighted by molar-refractivity contribution is 8.00. The fraction of sp³-hybridized carbons (Fsp3) is 0.464. The maximum atomic E-state index is 12.0. The number of H-pyrrole nitrogens is 1. The van der Waals surface area contributed by atoms with Crippen molar-refractivity contribution in [2.24, 2.45) is 0 Å². The van der Waals surface area contributed by atoms with E-state index in [2.05, 4.69) is 25.8 Å². The van der Waals surface area contributed by atoms with E-state index >= 15 is 0 Å². The molecule has 3 aromatic rings. The van der Waals surface area contributed by atoms with E-state index in [0.717, 1.165) is 34.1 Å². The molecule has 1 fully saturated rings. The molecule has 1 aliphatic heterocycles. The van der Waals surface area contributed by atoms with Gasteiger partial charge in [0.2, 0.25) is 5.88 Å². The summed E-state index contributed by atoms with van der Waals surface area (Å²) in [6.45, 7) is 4.70. The number of amides is 2. The van der Waals surface area contributed by atoms with Crippen LogP contribution >= 0.6 is 11.8 Å². The summed E-state index contributed by atoms with van der Waals surface area (Å²) in [6.07, 6.45) is -0.215. The Morgan fingerprint density at radius 1 is 1.07 bits per heavy atom. The first-order valence-electron chi connectivity index (χ1n) is 13.4. The number of nitrogens with one attached hydrogen (secondary N) is 3. The number of aliphatic hydroxyl groups excluding tert-OH is 4. The lowest BCUT2D eigenvalue weighted by atomic mass is 9.99. The summed E-state index contributed by atoms with van der Waals surface area (Å²) in [5, 5.41) is 52.5. The predicted octanol–water partition coefficient (Wildman–Crippen LogP) is 1.29. The molecule has 0 radical (unpaired) electrons. The Bertz CT molecular complexity index is 1240. The summed E-state index contributed by atoms with van der Waals surface area (Å²) >= 11 is 1.06. The molecule has 2 amide bonds. The number of aromatic nitrogens is 3. The molecule has 3 heterocycles. The molecule has 7 N–H and O–H groups in total. The van der Waals surface area contributed by atoms with E-state index in [0.29, 0.717) is 37.7 Å². The molecule has 1 aromatic carbocycles. The zero-order chi connectivity index (χ0) is 29.4. The number of hydrogen-bond donors (Lipinski definition) is 7. The highest BCUT2D eigenvalue weighted by atomic mass is 32.2. The second-order valence-electron chi connectivity index (χ2n) is 10.0. The molecule has 0 aliphatic carbocycles. The van der Waals surface area contributed by atoms with E-state index < -0.39 is 29.0 Å². The molecule has 0 spiro atoms. The Balaban J connectivity index is 1.30. The van der Waals surface area contributed by atoms with Crippen molar-refractivity contribution in [1.82, 2.24) is 25.8 Å². The summed E-state index contributed by atoms with van der Waals surface area (Å²) in [5.41, 5.74) is 2.65. The minimum Gasteiger partial charge on any atom is -0.492 e. The van der Waals surface area contributed by atoms with Crippen molar-refractivity contribution in [1.29, 1.82) is 0 Å². The zero-order valence-electron chi connectivity index (χ0n) is 22.9. The van der Waals surface area contributed by atoms with Gasteiger partial charge in [0.1, 0.15) is 24.6 Å². The molecule has 1 saturated heterocycles. The average Bonchev–Trinajstić information content (AvgIpc) is 3.37. The Morgan fingerprint density at radius 2 is 1.85 bits per heavy atom. The summed E-state index contributed by atoms with van der Waals surface area (Å²) in [7, 11) is 0. The largest absolute Gasteiger partial charge is 0.492 e. The maximum absolute atomic E-state index is 12.0. The number of thioether (sulfide) groups is 1. The summed E-state index contributed by atoms with van der Waals surface area (Å²) in [6, 6.07) is 11.0. The van der Waals surface area contributed by atoms with Crippen molar-refractivity contribution in [3.8, 4) is 11.6 Å². The van der Waals surface area contributed by atoms with E-state index in [4.69, 9.17) is 9.47 Å². The van der Waals surface area contributed by atoms with Gasteiger partial charge < -0.3 is 40.5 Å². The van der Waals surface area contributed by atoms with Gasteiger partial charge in [0.25, 0.3) is 0 Å². The fourth-order valence-corrected chi connectivity index (χ4v) is 5.59. The van der Waals surface area contributed by atoms with Crippen molar-refractivity contribution in [2.45, 2.75) is 61.7 Å². The van der Waals surface area contributed by atoms with Gasteiger partial charge in [-0.15, -0.1) is 16.9 Å². The van der Waals surface area contributed by atoms with E-state index in [-0.39, 0.29) is 18.6 Å². The van der Waals surface area contributed by atoms with Crippen LogP contribution in [0.4, 0.5) is 4.79 Å². The van der Waals surface area contributed by atoms with Gasteiger partial charge in [-0.3, -0.25) is 10.1 Å². The normalized spacial score (nSPS) is 22.4. The molecule has 4 rings (SSSR count). The lowest BCUT2D eigenvalue weighted by Crippen LogP contribution is -2.55. The maximum Gasteiger partial charge on any atom is 0.315 e. The number of pyridine rings is 1. The highest BCUT2D eigenvalue weighted by Crippen LogP contribution is 2.36. The number of aliphatic hydroxyl groups is 4. The van der Waals surface area contributed by atoms with Crippen LogP contribution in [0.2, 0.25) is 0 Å². The van der Waals surface area contributed by atoms with Crippen molar-refractivity contribution < 1.29 is 34.7 Å². The van der Waals surface area contributed by atoms with Crippen molar-refractivity contribution >= 4 is 17.8 Å². The van der Waals surface area contributed by atoms with Gasteiger partial charge >= 0.3 is 6.03 Å². The lowest BCUT2D eigenvalue weighted by molar-refractivity contribution is -0.0915. The van der Waals surface area contributed by atoms with E-state index in [9.17, 15) is 25.2 Å². The number of carbonyl (C=O) groups is 1. The fourth-order valence-electron chi connectivity index (χ4n) is 4.37. The van der Waals surface area contributed by atoms with Gasteiger partial charge in [-0.1, -0.05) is 32.0 Å². The molecule has 5 atom stereocenters. The first kappa shape index (κ1) is 30.6. The number of aromatic amines is 1. The highest BCUT2D eigenvalue weighted by Gasteiger charge is 2.44. The molecule has 41 heavy (non-hydrogen) atoms. The number of nitrogens with zero attached hydrogens (tertiary/aromatic N) is 2. The Kier molecular flexibility index (Phi) is 10.8. The van der Waals surface area contributed by atoms with Crippen LogP contribution in [0.3, 0.4) is 0 Å². The topological polar surface area (TPSA) is 182 Å². The van der Waals surface area contributed by atoms with E-state index in [1.165, 1.54) is 0 Å². The standard InChI is InChI=1S/C28H37N5O7S/c1-16(2)22-20(26(33-32-22)40-27-25(37)24(36)23(35)21(15-34)41-27)12-17-5-7-19(8-6-17)39-11-10-30-28(38)31-14-18-4-3-9-29-13-18/h3-9,13,16,21,23-25,27,34-37H,10-12,14-15H2,1-2H3,(H,32,33)(H2,30,31,38)/t21-,23-,24?,25-,27-/m1/s1. The minimum atomic E-state index is -1.45. The molecule has 2 aromatic heterocycles. The van der Waals surface area contributed by atoms with Gasteiger partial charge in [0.05, 0.1) is 24.5 Å². The third-order valence-electron chi connectivity index (χ3n) is 6.65. The van der Waals surface area contributed by atoms with Crippen LogP contribution in [0.1, 0.15) is 42.1 Å². The number of ether oxygens (including phenoxy) is 2. The number of carbonyl (C=O) groups excluding carboxylic acids is 1. The lowest BCUT2D eigenvalue weighted by Gasteiger charge is -2.38. The van der Waals surface area contributed by atoms with E-state index in [1.807, 2.05) is 50.2 Å². The third kappa shape index (κ3) is 8.11. The molecule has 1 aliphatic rings. The smallest absolute Gasteiger partial charge is 0.315 e. The first-order chi connectivity index (χ1) is 19.8. The summed E-state index contributed by atoms with van der Waals surface area (Å²) in [5.74, 6) is 1.06. The van der Waals surface area contributed by atoms with Crippen molar-refractivity contribution in [3.63, 3.8) is 0 Å². The second-order valence-corrected chi connectivity index (χ2v) is 11.4. The SMILES string of the molecule is CC(C)c1[nH]nc(O[C@@H]2S[C@H](CO)[C@@H](O)C(O)[C@H]2O)c1Cc1ccc(OCCNC(=O)NCc2cccnc2)cc1. The number of rotatable bonds is 12. The van der Waals surface area contributed by atoms with Crippen LogP contribution in [-0.2, 0) is 13.0 Å².